The van der Waals surface area contributed by atoms with Crippen LogP contribution in [0.25, 0.3) is 0 Å². The highest BCUT2D eigenvalue weighted by Crippen LogP contribution is 2.36. The zero-order valence-electron chi connectivity index (χ0n) is 8.36. The van der Waals surface area contributed by atoms with Gasteiger partial charge in [0, 0.05) is 0 Å². The lowest BCUT2D eigenvalue weighted by molar-refractivity contribution is -0.123. The van der Waals surface area contributed by atoms with Crippen molar-refractivity contribution in [3.05, 3.63) is 12.2 Å². The minimum atomic E-state index is -0.582. The van der Waals surface area contributed by atoms with Crippen molar-refractivity contribution < 1.29 is 9.90 Å². The summed E-state index contributed by atoms with van der Waals surface area (Å²) >= 11 is 0. The lowest BCUT2D eigenvalue weighted by Crippen LogP contribution is -2.38. The minimum Gasteiger partial charge on any atom is -0.388 e. The smallest absolute Gasteiger partial charge is 0.129 e. The summed E-state index contributed by atoms with van der Waals surface area (Å²) in [5.41, 5.74) is -0.511. The Morgan fingerprint density at radius 2 is 2.38 bits per heavy atom. The summed E-state index contributed by atoms with van der Waals surface area (Å²) in [6.45, 7) is 4.16. The summed E-state index contributed by atoms with van der Waals surface area (Å²) in [7, 11) is 0. The highest BCUT2D eigenvalue weighted by molar-refractivity contribution is 5.61. The Hall–Kier alpha value is -0.630. The van der Waals surface area contributed by atoms with E-state index in [4.69, 9.17) is 0 Å². The number of hydrogen-bond acceptors (Lipinski definition) is 2. The van der Waals surface area contributed by atoms with Gasteiger partial charge in [-0.2, -0.15) is 0 Å². The third kappa shape index (κ3) is 2.19. The lowest BCUT2D eigenvalue weighted by atomic mass is 9.71. The Labute approximate surface area is 79.6 Å². The first-order chi connectivity index (χ1) is 6.10. The zero-order chi connectivity index (χ0) is 9.90. The van der Waals surface area contributed by atoms with Gasteiger partial charge in [0.25, 0.3) is 0 Å². The van der Waals surface area contributed by atoms with Crippen LogP contribution in [0.2, 0.25) is 0 Å². The quantitative estimate of drug-likeness (QED) is 0.535. The Bertz CT molecular complexity index is 208. The van der Waals surface area contributed by atoms with Crippen LogP contribution in [0.5, 0.6) is 0 Å². The molecule has 13 heavy (non-hydrogen) atoms. The van der Waals surface area contributed by atoms with Gasteiger partial charge < -0.3 is 9.90 Å². The summed E-state index contributed by atoms with van der Waals surface area (Å²) in [5.74, 6) is 0.450. The molecule has 2 heteroatoms. The fraction of sp³-hybridized carbons (Fsp3) is 0.727. The second kappa shape index (κ2) is 4.05. The number of aldehydes is 1. The van der Waals surface area contributed by atoms with Crippen LogP contribution in [0.4, 0.5) is 0 Å². The van der Waals surface area contributed by atoms with E-state index in [-0.39, 0.29) is 0 Å². The van der Waals surface area contributed by atoms with Crippen LogP contribution in [-0.2, 0) is 4.79 Å². The molecule has 0 amide bonds. The summed E-state index contributed by atoms with van der Waals surface area (Å²) in [6.07, 6.45) is 6.53. The van der Waals surface area contributed by atoms with E-state index < -0.39 is 11.5 Å². The number of aliphatic hydroxyl groups excluding tert-OH is 1. The number of carbonyl (C=O) groups excluding carboxylic acids is 1. The van der Waals surface area contributed by atoms with Crippen molar-refractivity contribution in [2.75, 3.05) is 0 Å². The first kappa shape index (κ1) is 10.5. The van der Waals surface area contributed by atoms with Crippen molar-refractivity contribution in [2.24, 2.45) is 11.3 Å². The van der Waals surface area contributed by atoms with E-state index in [2.05, 4.69) is 13.8 Å². The van der Waals surface area contributed by atoms with Crippen LogP contribution in [0.1, 0.15) is 33.1 Å². The van der Waals surface area contributed by atoms with E-state index in [0.29, 0.717) is 5.92 Å². The molecule has 0 radical (unpaired) electrons. The molecule has 2 atom stereocenters. The van der Waals surface area contributed by atoms with Crippen LogP contribution >= 0.6 is 0 Å². The van der Waals surface area contributed by atoms with Crippen molar-refractivity contribution in [3.8, 4) is 0 Å². The maximum absolute atomic E-state index is 11.0. The molecule has 0 spiro atoms. The SMILES string of the molecule is CC(C)CC1(C=O)CCC=CC1O. The Morgan fingerprint density at radius 1 is 1.69 bits per heavy atom. The van der Waals surface area contributed by atoms with Gasteiger partial charge in [0.05, 0.1) is 11.5 Å². The van der Waals surface area contributed by atoms with Gasteiger partial charge in [0.2, 0.25) is 0 Å². The molecule has 1 rings (SSSR count). The molecular formula is C11H18O2. The lowest BCUT2D eigenvalue weighted by Gasteiger charge is -2.35. The molecule has 0 aromatic rings. The average Bonchev–Trinajstić information content (AvgIpc) is 2.08. The van der Waals surface area contributed by atoms with E-state index in [9.17, 15) is 9.90 Å². The molecule has 2 unspecified atom stereocenters. The van der Waals surface area contributed by atoms with Crippen molar-refractivity contribution >= 4 is 6.29 Å². The Kier molecular flexibility index (Phi) is 3.26. The van der Waals surface area contributed by atoms with Crippen LogP contribution in [0.15, 0.2) is 12.2 Å². The third-order valence-corrected chi connectivity index (χ3v) is 2.71. The number of allylic oxidation sites excluding steroid dienone is 1. The maximum Gasteiger partial charge on any atom is 0.129 e. The van der Waals surface area contributed by atoms with Crippen LogP contribution in [-0.4, -0.2) is 17.5 Å². The second-order valence-corrected chi connectivity index (χ2v) is 4.36. The van der Waals surface area contributed by atoms with E-state index in [0.717, 1.165) is 25.5 Å². The first-order valence-corrected chi connectivity index (χ1v) is 4.92. The van der Waals surface area contributed by atoms with Crippen molar-refractivity contribution in [2.45, 2.75) is 39.2 Å². The molecule has 0 aliphatic heterocycles. The summed E-state index contributed by atoms with van der Waals surface area (Å²) in [6, 6.07) is 0. The number of carbonyl (C=O) groups is 1. The second-order valence-electron chi connectivity index (χ2n) is 4.36. The monoisotopic (exact) mass is 182 g/mol. The zero-order valence-corrected chi connectivity index (χ0v) is 8.36. The van der Waals surface area contributed by atoms with Crippen LogP contribution in [0.3, 0.4) is 0 Å². The summed E-state index contributed by atoms with van der Waals surface area (Å²) in [4.78, 5) is 11.0. The fourth-order valence-corrected chi connectivity index (χ4v) is 2.08. The molecule has 0 bridgehead atoms. The predicted molar refractivity (Wildman–Crippen MR) is 52.3 cm³/mol. The molecule has 0 saturated carbocycles. The van der Waals surface area contributed by atoms with Crippen molar-refractivity contribution in [3.63, 3.8) is 0 Å². The minimum absolute atomic E-state index is 0.450. The van der Waals surface area contributed by atoms with Crippen molar-refractivity contribution in [1.82, 2.24) is 0 Å². The molecule has 74 valence electrons. The van der Waals surface area contributed by atoms with Gasteiger partial charge in [-0.05, 0) is 25.2 Å². The van der Waals surface area contributed by atoms with E-state index in [1.54, 1.807) is 6.08 Å². The standard InChI is InChI=1S/C11H18O2/c1-9(2)7-11(8-12)6-4-3-5-10(11)13/h3,5,8-10,13H,4,6-7H2,1-2H3. The van der Waals surface area contributed by atoms with Crippen LogP contribution < -0.4 is 0 Å². The largest absolute Gasteiger partial charge is 0.388 e. The number of rotatable bonds is 3. The normalized spacial score (nSPS) is 33.7. The van der Waals surface area contributed by atoms with Crippen molar-refractivity contribution in [1.29, 1.82) is 0 Å². The molecule has 0 fully saturated rings. The maximum atomic E-state index is 11.0. The molecule has 2 nitrogen and oxygen atoms in total. The molecule has 0 aromatic carbocycles. The number of aliphatic hydroxyl groups is 1. The van der Waals surface area contributed by atoms with Gasteiger partial charge in [0.1, 0.15) is 6.29 Å². The van der Waals surface area contributed by atoms with Crippen LogP contribution in [0, 0.1) is 11.3 Å². The van der Waals surface area contributed by atoms with Gasteiger partial charge in [-0.1, -0.05) is 26.0 Å². The average molecular weight is 182 g/mol. The molecule has 0 aromatic heterocycles. The molecular weight excluding hydrogens is 164 g/mol. The van der Waals surface area contributed by atoms with Gasteiger partial charge in [-0.25, -0.2) is 0 Å². The predicted octanol–water partition coefficient (Wildman–Crippen LogP) is 1.93. The van der Waals surface area contributed by atoms with Gasteiger partial charge in [0.15, 0.2) is 0 Å². The van der Waals surface area contributed by atoms with E-state index in [1.165, 1.54) is 0 Å². The highest BCUT2D eigenvalue weighted by Gasteiger charge is 2.37. The Balaban J connectivity index is 2.78. The highest BCUT2D eigenvalue weighted by atomic mass is 16.3. The molecule has 1 aliphatic carbocycles. The van der Waals surface area contributed by atoms with E-state index >= 15 is 0 Å². The summed E-state index contributed by atoms with van der Waals surface area (Å²) < 4.78 is 0. The first-order valence-electron chi connectivity index (χ1n) is 4.92. The third-order valence-electron chi connectivity index (χ3n) is 2.71. The molecule has 1 aliphatic rings. The number of hydrogen-bond donors (Lipinski definition) is 1. The molecule has 1 N–H and O–H groups in total. The Morgan fingerprint density at radius 3 is 2.85 bits per heavy atom. The van der Waals surface area contributed by atoms with Gasteiger partial charge >= 0.3 is 0 Å². The molecule has 0 saturated heterocycles. The molecule has 0 heterocycles. The van der Waals surface area contributed by atoms with Gasteiger partial charge in [-0.15, -0.1) is 0 Å². The summed E-state index contributed by atoms with van der Waals surface area (Å²) in [5, 5.41) is 9.75. The fourth-order valence-electron chi connectivity index (χ4n) is 2.08. The topological polar surface area (TPSA) is 37.3 Å². The van der Waals surface area contributed by atoms with E-state index in [1.807, 2.05) is 6.08 Å². The van der Waals surface area contributed by atoms with Gasteiger partial charge in [-0.3, -0.25) is 0 Å².